The molecule has 0 aromatic heterocycles. The maximum absolute atomic E-state index is 13.0. The fraction of sp³-hybridized carbons (Fsp3) is 0.235. The molecule has 1 unspecified atom stereocenters. The number of halogens is 2. The highest BCUT2D eigenvalue weighted by molar-refractivity contribution is 7.88. The van der Waals surface area contributed by atoms with Crippen LogP contribution in [0.5, 0.6) is 0 Å². The van der Waals surface area contributed by atoms with Crippen LogP contribution in [0.15, 0.2) is 48.5 Å². The zero-order valence-electron chi connectivity index (χ0n) is 13.6. The smallest absolute Gasteiger partial charge is 0.414 e. The first kappa shape index (κ1) is 18.6. The number of nitrogens with one attached hydrogen (secondary N) is 1. The molecule has 1 saturated heterocycles. The minimum absolute atomic E-state index is 0.0593. The van der Waals surface area contributed by atoms with Crippen LogP contribution in [0.4, 0.5) is 14.9 Å². The number of hydrogen-bond acceptors (Lipinski definition) is 4. The van der Waals surface area contributed by atoms with E-state index < -0.39 is 28.0 Å². The summed E-state index contributed by atoms with van der Waals surface area (Å²) in [7, 11) is -3.64. The second kappa shape index (κ2) is 7.61. The molecule has 0 aliphatic carbocycles. The summed E-state index contributed by atoms with van der Waals surface area (Å²) in [4.78, 5) is 13.3. The van der Waals surface area contributed by atoms with Gasteiger partial charge in [-0.15, -0.1) is 0 Å². The number of cyclic esters (lactones) is 1. The van der Waals surface area contributed by atoms with Crippen LogP contribution in [-0.2, 0) is 20.5 Å². The van der Waals surface area contributed by atoms with Crippen molar-refractivity contribution in [2.45, 2.75) is 11.9 Å². The highest BCUT2D eigenvalue weighted by Crippen LogP contribution is 2.22. The molecule has 6 nitrogen and oxygen atoms in total. The van der Waals surface area contributed by atoms with E-state index in [0.29, 0.717) is 16.3 Å². The number of carbonyl (C=O) groups is 1. The topological polar surface area (TPSA) is 75.7 Å². The van der Waals surface area contributed by atoms with Gasteiger partial charge in [-0.1, -0.05) is 29.8 Å². The summed E-state index contributed by atoms with van der Waals surface area (Å²) in [5.41, 5.74) is 0.968. The molecular formula is C17H16ClFN2O4S. The first-order valence-electron chi connectivity index (χ1n) is 7.78. The number of sulfonamides is 1. The van der Waals surface area contributed by atoms with Crippen LogP contribution in [0.25, 0.3) is 0 Å². The van der Waals surface area contributed by atoms with Crippen molar-refractivity contribution in [3.8, 4) is 0 Å². The predicted molar refractivity (Wildman–Crippen MR) is 96.1 cm³/mol. The van der Waals surface area contributed by atoms with Crippen molar-refractivity contribution >= 4 is 33.4 Å². The van der Waals surface area contributed by atoms with E-state index >= 15 is 0 Å². The molecule has 1 aliphatic heterocycles. The zero-order valence-corrected chi connectivity index (χ0v) is 15.1. The Balaban J connectivity index is 1.59. The standard InChI is InChI=1S/C17H16ClFN2O4S/c18-16-4-2-1-3-12(16)11-26(23,24)20-9-15-10-21(17(22)25-15)14-7-5-13(19)6-8-14/h1-8,15,20H,9-11H2. The van der Waals surface area contributed by atoms with Crippen molar-refractivity contribution in [2.24, 2.45) is 0 Å². The van der Waals surface area contributed by atoms with Crippen LogP contribution < -0.4 is 9.62 Å². The van der Waals surface area contributed by atoms with Gasteiger partial charge in [-0.2, -0.15) is 0 Å². The van der Waals surface area contributed by atoms with Gasteiger partial charge < -0.3 is 4.74 Å². The maximum atomic E-state index is 13.0. The van der Waals surface area contributed by atoms with Crippen LogP contribution in [0.1, 0.15) is 5.56 Å². The second-order valence-electron chi connectivity index (χ2n) is 5.79. The van der Waals surface area contributed by atoms with Gasteiger partial charge in [0.15, 0.2) is 0 Å². The fourth-order valence-electron chi connectivity index (χ4n) is 2.55. The second-order valence-corrected chi connectivity index (χ2v) is 8.01. The Morgan fingerprint density at radius 1 is 1.19 bits per heavy atom. The third kappa shape index (κ3) is 4.51. The van der Waals surface area contributed by atoms with E-state index in [2.05, 4.69) is 4.72 Å². The lowest BCUT2D eigenvalue weighted by Gasteiger charge is -2.13. The number of ether oxygens (including phenoxy) is 1. The molecule has 0 bridgehead atoms. The van der Waals surface area contributed by atoms with Crippen molar-refractivity contribution in [1.29, 1.82) is 0 Å². The lowest BCUT2D eigenvalue weighted by molar-refractivity contribution is 0.143. The molecule has 2 aromatic rings. The van der Waals surface area contributed by atoms with Crippen molar-refractivity contribution in [3.63, 3.8) is 0 Å². The number of benzene rings is 2. The fourth-order valence-corrected chi connectivity index (χ4v) is 4.04. The summed E-state index contributed by atoms with van der Waals surface area (Å²) in [5, 5.41) is 0.368. The van der Waals surface area contributed by atoms with Gasteiger partial charge in [-0.05, 0) is 35.9 Å². The van der Waals surface area contributed by atoms with E-state index in [1.54, 1.807) is 24.3 Å². The quantitative estimate of drug-likeness (QED) is 0.811. The lowest BCUT2D eigenvalue weighted by atomic mass is 10.2. The van der Waals surface area contributed by atoms with E-state index in [0.717, 1.165) is 0 Å². The SMILES string of the molecule is O=C1OC(CNS(=O)(=O)Cc2ccccc2Cl)CN1c1ccc(F)cc1. The van der Waals surface area contributed by atoms with Crippen molar-refractivity contribution in [2.75, 3.05) is 18.0 Å². The Morgan fingerprint density at radius 2 is 1.88 bits per heavy atom. The Hall–Kier alpha value is -2.16. The molecule has 1 heterocycles. The van der Waals surface area contributed by atoms with Gasteiger partial charge in [0.2, 0.25) is 10.0 Å². The van der Waals surface area contributed by atoms with Crippen molar-refractivity contribution in [1.82, 2.24) is 4.72 Å². The zero-order chi connectivity index (χ0) is 18.7. The summed E-state index contributed by atoms with van der Waals surface area (Å²) in [6.07, 6.45) is -1.25. The molecule has 138 valence electrons. The summed E-state index contributed by atoms with van der Waals surface area (Å²) < 4.78 is 45.0. The van der Waals surface area contributed by atoms with Gasteiger partial charge >= 0.3 is 6.09 Å². The molecule has 0 spiro atoms. The Morgan fingerprint density at radius 3 is 2.58 bits per heavy atom. The van der Waals surface area contributed by atoms with Crippen LogP contribution in [0.2, 0.25) is 5.02 Å². The lowest BCUT2D eigenvalue weighted by Crippen LogP contribution is -2.35. The highest BCUT2D eigenvalue weighted by Gasteiger charge is 2.33. The summed E-state index contributed by atoms with van der Waals surface area (Å²) >= 11 is 5.98. The summed E-state index contributed by atoms with van der Waals surface area (Å²) in [5.74, 6) is -0.681. The van der Waals surface area contributed by atoms with Gasteiger partial charge in [-0.25, -0.2) is 22.3 Å². The van der Waals surface area contributed by atoms with Crippen LogP contribution in [0.3, 0.4) is 0 Å². The molecule has 9 heteroatoms. The first-order valence-corrected chi connectivity index (χ1v) is 9.81. The van der Waals surface area contributed by atoms with Gasteiger partial charge in [0.05, 0.1) is 12.3 Å². The third-order valence-electron chi connectivity index (χ3n) is 3.85. The molecule has 0 radical (unpaired) electrons. The van der Waals surface area contributed by atoms with Crippen LogP contribution >= 0.6 is 11.6 Å². The molecule has 1 fully saturated rings. The molecule has 26 heavy (non-hydrogen) atoms. The first-order chi connectivity index (χ1) is 12.3. The van der Waals surface area contributed by atoms with Gasteiger partial charge in [-0.3, -0.25) is 4.90 Å². The predicted octanol–water partition coefficient (Wildman–Crippen LogP) is 2.92. The van der Waals surface area contributed by atoms with E-state index in [-0.39, 0.29) is 18.8 Å². The average Bonchev–Trinajstić information content (AvgIpc) is 2.97. The van der Waals surface area contributed by atoms with E-state index in [1.165, 1.54) is 29.2 Å². The molecule has 1 aliphatic rings. The normalized spacial score (nSPS) is 17.4. The van der Waals surface area contributed by atoms with Crippen molar-refractivity contribution < 1.29 is 22.3 Å². The largest absolute Gasteiger partial charge is 0.443 e. The molecule has 3 rings (SSSR count). The molecule has 2 aromatic carbocycles. The van der Waals surface area contributed by atoms with E-state index in [9.17, 15) is 17.6 Å². The molecule has 1 N–H and O–H groups in total. The van der Waals surface area contributed by atoms with Gasteiger partial charge in [0.25, 0.3) is 0 Å². The molecule has 1 atom stereocenters. The maximum Gasteiger partial charge on any atom is 0.414 e. The minimum atomic E-state index is -3.64. The number of anilines is 1. The highest BCUT2D eigenvalue weighted by atomic mass is 35.5. The average molecular weight is 399 g/mol. The Kier molecular flexibility index (Phi) is 5.45. The van der Waals surface area contributed by atoms with Crippen molar-refractivity contribution in [3.05, 3.63) is 64.9 Å². The number of hydrogen-bond donors (Lipinski definition) is 1. The number of rotatable bonds is 6. The van der Waals surface area contributed by atoms with Gasteiger partial charge in [0, 0.05) is 17.3 Å². The third-order valence-corrected chi connectivity index (χ3v) is 5.51. The van der Waals surface area contributed by atoms with E-state index in [1.807, 2.05) is 0 Å². The monoisotopic (exact) mass is 398 g/mol. The number of carbonyl (C=O) groups excluding carboxylic acids is 1. The molecule has 1 amide bonds. The van der Waals surface area contributed by atoms with Crippen LogP contribution in [-0.4, -0.2) is 33.7 Å². The molecule has 0 saturated carbocycles. The Bertz CT molecular complexity index is 905. The van der Waals surface area contributed by atoms with Crippen LogP contribution in [0, 0.1) is 5.82 Å². The number of amides is 1. The number of nitrogens with zero attached hydrogens (tertiary/aromatic N) is 1. The minimum Gasteiger partial charge on any atom is -0.443 e. The summed E-state index contributed by atoms with van der Waals surface area (Å²) in [6, 6.07) is 12.1. The summed E-state index contributed by atoms with van der Waals surface area (Å²) in [6.45, 7) is 0.106. The molecular weight excluding hydrogens is 383 g/mol. The van der Waals surface area contributed by atoms with Gasteiger partial charge in [0.1, 0.15) is 11.9 Å². The Labute approximate surface area is 155 Å². The van der Waals surface area contributed by atoms with E-state index in [4.69, 9.17) is 16.3 Å².